The Labute approximate surface area is 472 Å². The first-order valence-corrected chi connectivity index (χ1v) is 27.4. The number of carbonyl (C=O) groups is 7. The monoisotopic (exact) mass is 1160 g/mol. The molecule has 1 aromatic carbocycles. The lowest BCUT2D eigenvalue weighted by Gasteiger charge is -2.42. The number of allylic oxidation sites excluding steroid dienone is 4. The first-order chi connectivity index (χ1) is 39.0. The molecule has 4 aliphatic rings. The number of likely N-dealkylation sites (tertiary alicyclic amines) is 1. The minimum absolute atomic E-state index is 0.0242. The van der Waals surface area contributed by atoms with Crippen LogP contribution >= 0.6 is 0 Å². The first kappa shape index (κ1) is 63.9. The maximum Gasteiger partial charge on any atom is 0.416 e. The Balaban J connectivity index is 1.04. The minimum atomic E-state index is -4.66. The number of amides is 3. The second kappa shape index (κ2) is 29.6. The van der Waals surface area contributed by atoms with Crippen LogP contribution in [-0.4, -0.2) is 228 Å². The minimum Gasteiger partial charge on any atom is -0.497 e. The number of aliphatic carboxylic acids is 4. The standard InChI is InChI=1S/C55H73F4N11O12/c1-3-82-51-36(2)5-4-6-41(51)50-42(56)28-39(30-62-50)54(12-16-70(17-13-54)44-9-7-38(55(57,58)59)27-37(44)29-60)53(81)63-40-11-15-65(31-40)18-14-61-45(71)10-8-43(52(79)80)64-46(72)32-66-19-21-67(33-47(73)74)23-25-69(35-49(77)78)26-24-68(22-20-66)34-48(75)76/h4,6-7,9,27-28,30,36,40,43H,3,5,8,10-26,31-35H2,1-2H3,(H,61,71)(H,63,81)(H,64,72)(H,73,74)(H,75,76)(H,77,78)(H,79,80)/t36?,40-,43+/m0/s1. The van der Waals surface area contributed by atoms with Crippen molar-refractivity contribution in [3.63, 3.8) is 0 Å². The zero-order valence-corrected chi connectivity index (χ0v) is 46.1. The number of benzene rings is 1. The van der Waals surface area contributed by atoms with Gasteiger partial charge in [-0.05, 0) is 68.9 Å². The van der Waals surface area contributed by atoms with Gasteiger partial charge in [-0.3, -0.25) is 58.3 Å². The van der Waals surface area contributed by atoms with Gasteiger partial charge in [-0.15, -0.1) is 0 Å². The maximum absolute atomic E-state index is 16.4. The lowest BCUT2D eigenvalue weighted by Crippen LogP contribution is -2.54. The van der Waals surface area contributed by atoms with E-state index in [9.17, 15) is 72.4 Å². The van der Waals surface area contributed by atoms with Gasteiger partial charge in [0.15, 0.2) is 0 Å². The molecule has 448 valence electrons. The van der Waals surface area contributed by atoms with Crippen LogP contribution in [0.4, 0.5) is 23.2 Å². The van der Waals surface area contributed by atoms with Gasteiger partial charge < -0.3 is 46.0 Å². The number of anilines is 1. The summed E-state index contributed by atoms with van der Waals surface area (Å²) in [5.74, 6) is -6.39. The number of carboxylic acid groups (broad SMARTS) is 4. The molecule has 3 fully saturated rings. The van der Waals surface area contributed by atoms with Crippen molar-refractivity contribution in [3.05, 3.63) is 76.6 Å². The fraction of sp³-hybridized carbons (Fsp3) is 0.582. The molecule has 0 radical (unpaired) electrons. The summed E-state index contributed by atoms with van der Waals surface area (Å²) in [6.07, 6.45) is 1.41. The molecular weight excluding hydrogens is 1080 g/mol. The van der Waals surface area contributed by atoms with E-state index < -0.39 is 70.6 Å². The number of halogens is 4. The highest BCUT2D eigenvalue weighted by Gasteiger charge is 2.46. The van der Waals surface area contributed by atoms with Gasteiger partial charge in [0, 0.05) is 122 Å². The molecule has 1 aromatic heterocycles. The van der Waals surface area contributed by atoms with Gasteiger partial charge >= 0.3 is 30.1 Å². The average molecular weight is 1160 g/mol. The van der Waals surface area contributed by atoms with Crippen molar-refractivity contribution < 1.29 is 76.3 Å². The van der Waals surface area contributed by atoms with Crippen LogP contribution in [0.5, 0.6) is 0 Å². The zero-order valence-electron chi connectivity index (χ0n) is 46.1. The molecule has 23 nitrogen and oxygen atoms in total. The average Bonchev–Trinajstić information content (AvgIpc) is 2.59. The van der Waals surface area contributed by atoms with Gasteiger partial charge in [0.25, 0.3) is 0 Å². The molecule has 0 bridgehead atoms. The predicted molar refractivity (Wildman–Crippen MR) is 288 cm³/mol. The molecule has 3 atom stereocenters. The highest BCUT2D eigenvalue weighted by molar-refractivity contribution is 5.89. The summed E-state index contributed by atoms with van der Waals surface area (Å²) in [5.41, 5.74) is -1.34. The number of nitrogens with one attached hydrogen (secondary N) is 3. The third kappa shape index (κ3) is 18.1. The zero-order chi connectivity index (χ0) is 59.7. The summed E-state index contributed by atoms with van der Waals surface area (Å²) in [6.45, 7) is 5.73. The molecule has 27 heteroatoms. The van der Waals surface area contributed by atoms with Crippen LogP contribution in [0.25, 0.3) is 5.57 Å². The number of rotatable bonds is 23. The van der Waals surface area contributed by atoms with Crippen molar-refractivity contribution in [1.82, 2.24) is 45.4 Å². The summed E-state index contributed by atoms with van der Waals surface area (Å²) >= 11 is 0. The molecule has 3 aliphatic heterocycles. The van der Waals surface area contributed by atoms with Crippen molar-refractivity contribution in [3.8, 4) is 6.07 Å². The Morgan fingerprint density at radius 3 is 1.93 bits per heavy atom. The van der Waals surface area contributed by atoms with Crippen LogP contribution in [0, 0.1) is 23.1 Å². The Morgan fingerprint density at radius 1 is 0.817 bits per heavy atom. The number of ether oxygens (including phenoxy) is 1. The molecule has 0 saturated carbocycles. The Hall–Kier alpha value is -7.25. The molecule has 4 heterocycles. The van der Waals surface area contributed by atoms with Crippen LogP contribution in [0.15, 0.2) is 48.4 Å². The third-order valence-electron chi connectivity index (χ3n) is 15.3. The van der Waals surface area contributed by atoms with Crippen LogP contribution in [0.1, 0.15) is 74.8 Å². The van der Waals surface area contributed by atoms with Crippen molar-refractivity contribution >= 4 is 52.9 Å². The second-order valence-electron chi connectivity index (χ2n) is 21.1. The van der Waals surface area contributed by atoms with Gasteiger partial charge in [-0.25, -0.2) is 9.18 Å². The van der Waals surface area contributed by atoms with Crippen LogP contribution < -0.4 is 20.9 Å². The lowest BCUT2D eigenvalue weighted by atomic mass is 9.72. The number of alkyl halides is 3. The van der Waals surface area contributed by atoms with E-state index in [1.165, 1.54) is 18.3 Å². The van der Waals surface area contributed by atoms with E-state index in [2.05, 4.69) is 20.9 Å². The largest absolute Gasteiger partial charge is 0.497 e. The summed E-state index contributed by atoms with van der Waals surface area (Å²) in [7, 11) is 0. The normalized spacial score (nSPS) is 20.4. The molecule has 6 rings (SSSR count). The van der Waals surface area contributed by atoms with Gasteiger partial charge in [-0.2, -0.15) is 18.4 Å². The summed E-state index contributed by atoms with van der Waals surface area (Å²) in [5, 5.41) is 56.7. The van der Waals surface area contributed by atoms with E-state index in [-0.39, 0.29) is 153 Å². The molecule has 0 spiro atoms. The molecule has 1 aliphatic carbocycles. The van der Waals surface area contributed by atoms with E-state index in [4.69, 9.17) is 4.74 Å². The number of aromatic nitrogens is 1. The number of nitrogens with zero attached hydrogens (tertiary/aromatic N) is 8. The van der Waals surface area contributed by atoms with Crippen LogP contribution in [-0.2, 0) is 49.9 Å². The molecule has 1 unspecified atom stereocenters. The quantitative estimate of drug-likeness (QED) is 0.0784. The highest BCUT2D eigenvalue weighted by atomic mass is 19.4. The van der Waals surface area contributed by atoms with E-state index in [1.807, 2.05) is 30.9 Å². The maximum atomic E-state index is 16.4. The Bertz CT molecular complexity index is 2700. The van der Waals surface area contributed by atoms with Gasteiger partial charge in [0.2, 0.25) is 17.7 Å². The number of pyridine rings is 1. The van der Waals surface area contributed by atoms with Crippen LogP contribution in [0.2, 0.25) is 0 Å². The van der Waals surface area contributed by atoms with E-state index in [0.717, 1.165) is 12.1 Å². The van der Waals surface area contributed by atoms with Crippen LogP contribution in [0.3, 0.4) is 0 Å². The number of carboxylic acids is 4. The molecule has 7 N–H and O–H groups in total. The van der Waals surface area contributed by atoms with E-state index >= 15 is 4.39 Å². The molecule has 82 heavy (non-hydrogen) atoms. The summed E-state index contributed by atoms with van der Waals surface area (Å²) in [4.78, 5) is 103. The number of hydrogen-bond donors (Lipinski definition) is 7. The fourth-order valence-corrected chi connectivity index (χ4v) is 10.8. The lowest BCUT2D eigenvalue weighted by molar-refractivity contribution is -0.142. The van der Waals surface area contributed by atoms with Gasteiger partial charge in [-0.1, -0.05) is 19.1 Å². The Kier molecular flexibility index (Phi) is 23.1. The van der Waals surface area contributed by atoms with Crippen molar-refractivity contribution in [2.24, 2.45) is 5.92 Å². The van der Waals surface area contributed by atoms with E-state index in [0.29, 0.717) is 56.0 Å². The molecule has 3 amide bonds. The second-order valence-corrected chi connectivity index (χ2v) is 21.1. The van der Waals surface area contributed by atoms with Gasteiger partial charge in [0.05, 0.1) is 55.0 Å². The predicted octanol–water partition coefficient (Wildman–Crippen LogP) is 2.12. The van der Waals surface area contributed by atoms with Crippen molar-refractivity contribution in [1.29, 1.82) is 5.26 Å². The van der Waals surface area contributed by atoms with Crippen molar-refractivity contribution in [2.45, 2.75) is 76.0 Å². The van der Waals surface area contributed by atoms with E-state index in [1.54, 1.807) is 30.6 Å². The van der Waals surface area contributed by atoms with Gasteiger partial charge in [0.1, 0.15) is 29.4 Å². The van der Waals surface area contributed by atoms with Crippen molar-refractivity contribution in [2.75, 3.05) is 129 Å². The Morgan fingerprint density at radius 2 is 1.40 bits per heavy atom. The number of piperidine rings is 1. The number of nitriles is 1. The molecule has 2 aromatic rings. The topological polar surface area (TPSA) is 302 Å². The third-order valence-corrected chi connectivity index (χ3v) is 15.3. The summed E-state index contributed by atoms with van der Waals surface area (Å²) in [6, 6.07) is 4.29. The SMILES string of the molecule is CCOC1=C(c2ncc(C3(C(=O)N[C@H]4CCN(CCNC(=O)CC[C@@H](NC(=O)CN5CCN(CC(=O)O)CCN(CC(=O)O)CCN(CC(=O)O)CC5)C(=O)O)C4)CCN(c4ccc(C(F)(F)F)cc4C#N)CC3)cc2F)C=CCC1C. The highest BCUT2D eigenvalue weighted by Crippen LogP contribution is 2.41. The smallest absolute Gasteiger partial charge is 0.416 e. The fourth-order valence-electron chi connectivity index (χ4n) is 10.8. The number of carbonyl (C=O) groups excluding carboxylic acids is 3. The summed E-state index contributed by atoms with van der Waals surface area (Å²) < 4.78 is 63.1. The molecule has 3 saturated heterocycles. The molecular formula is C55H73F4N11O12. The number of hydrogen-bond acceptors (Lipinski definition) is 16. The first-order valence-electron chi connectivity index (χ1n) is 27.4.